The molecule has 0 fully saturated rings. The summed E-state index contributed by atoms with van der Waals surface area (Å²) in [5.74, 6) is 0.377. The average molecular weight is 340 g/mol. The number of benzene rings is 2. The van der Waals surface area contributed by atoms with Crippen LogP contribution in [0.25, 0.3) is 11.1 Å². The first-order chi connectivity index (χ1) is 12.1. The molecule has 2 aromatic carbocycles. The van der Waals surface area contributed by atoms with E-state index in [0.717, 1.165) is 17.5 Å². The molecule has 134 valence electrons. The van der Waals surface area contributed by atoms with E-state index in [1.807, 2.05) is 24.3 Å². The normalized spacial score (nSPS) is 11.9. The van der Waals surface area contributed by atoms with E-state index in [2.05, 4.69) is 13.8 Å². The third-order valence-corrected chi connectivity index (χ3v) is 4.37. The number of carbonyl (C=O) groups is 1. The molecule has 0 radical (unpaired) electrons. The molecular weight excluding hydrogens is 312 g/mol. The Labute approximate surface area is 150 Å². The van der Waals surface area contributed by atoms with Crippen molar-refractivity contribution in [2.24, 2.45) is 5.92 Å². The van der Waals surface area contributed by atoms with E-state index in [4.69, 9.17) is 4.74 Å². The fourth-order valence-electron chi connectivity index (χ4n) is 2.76. The third-order valence-electron chi connectivity index (χ3n) is 4.37. The fraction of sp³-hybridized carbons (Fsp3) is 0.409. The van der Waals surface area contributed by atoms with Gasteiger partial charge in [0, 0.05) is 0 Å². The molecule has 1 N–H and O–H groups in total. The molecular formula is C22H28O3. The molecule has 0 aromatic heterocycles. The minimum absolute atomic E-state index is 0.243. The number of aromatic hydroxyl groups is 1. The monoisotopic (exact) mass is 340 g/mol. The Morgan fingerprint density at radius 1 is 0.960 bits per heavy atom. The molecule has 0 aliphatic carbocycles. The summed E-state index contributed by atoms with van der Waals surface area (Å²) < 4.78 is 5.44. The number of rotatable bonds is 9. The van der Waals surface area contributed by atoms with Gasteiger partial charge in [0.15, 0.2) is 0 Å². The van der Waals surface area contributed by atoms with Gasteiger partial charge in [-0.25, -0.2) is 4.79 Å². The van der Waals surface area contributed by atoms with Crippen molar-refractivity contribution in [3.8, 4) is 16.9 Å². The lowest BCUT2D eigenvalue weighted by Crippen LogP contribution is -2.12. The second kappa shape index (κ2) is 9.87. The summed E-state index contributed by atoms with van der Waals surface area (Å²) in [7, 11) is 0. The Morgan fingerprint density at radius 3 is 2.16 bits per heavy atom. The van der Waals surface area contributed by atoms with Crippen LogP contribution < -0.4 is 0 Å². The first-order valence-electron chi connectivity index (χ1n) is 9.16. The number of hydrogen-bond donors (Lipinski definition) is 1. The van der Waals surface area contributed by atoms with Crippen molar-refractivity contribution < 1.29 is 14.6 Å². The molecule has 25 heavy (non-hydrogen) atoms. The molecule has 0 heterocycles. The zero-order valence-electron chi connectivity index (χ0n) is 15.2. The van der Waals surface area contributed by atoms with Crippen molar-refractivity contribution in [1.29, 1.82) is 0 Å². The number of ether oxygens (including phenoxy) is 1. The molecule has 2 rings (SSSR count). The first-order valence-corrected chi connectivity index (χ1v) is 9.16. The number of unbranched alkanes of at least 4 members (excludes halogenated alkanes) is 3. The summed E-state index contributed by atoms with van der Waals surface area (Å²) in [5.41, 5.74) is 2.57. The highest BCUT2D eigenvalue weighted by atomic mass is 16.5. The Hall–Kier alpha value is -2.29. The van der Waals surface area contributed by atoms with E-state index < -0.39 is 0 Å². The van der Waals surface area contributed by atoms with Gasteiger partial charge in [-0.15, -0.1) is 0 Å². The Morgan fingerprint density at radius 2 is 1.56 bits per heavy atom. The third kappa shape index (κ3) is 6.26. The molecule has 1 atom stereocenters. The largest absolute Gasteiger partial charge is 0.508 e. The summed E-state index contributed by atoms with van der Waals surface area (Å²) in [5, 5.41) is 9.34. The highest BCUT2D eigenvalue weighted by Gasteiger charge is 2.10. The van der Waals surface area contributed by atoms with Gasteiger partial charge >= 0.3 is 5.97 Å². The summed E-state index contributed by atoms with van der Waals surface area (Å²) >= 11 is 0. The lowest BCUT2D eigenvalue weighted by molar-refractivity contribution is 0.0442. The summed E-state index contributed by atoms with van der Waals surface area (Å²) in [6.45, 7) is 4.82. The predicted molar refractivity (Wildman–Crippen MR) is 102 cm³/mol. The standard InChI is InChI=1S/C22H28O3/c1-3-4-5-6-7-17(2)16-25-22(24)20-10-8-18(9-11-20)19-12-14-21(23)15-13-19/h8-15,17,23H,3-7,16H2,1-2H3. The van der Waals surface area contributed by atoms with Crippen molar-refractivity contribution in [2.45, 2.75) is 46.0 Å². The lowest BCUT2D eigenvalue weighted by Gasteiger charge is -2.12. The maximum Gasteiger partial charge on any atom is 0.338 e. The highest BCUT2D eigenvalue weighted by molar-refractivity contribution is 5.90. The molecule has 0 aliphatic heterocycles. The van der Waals surface area contributed by atoms with Crippen LogP contribution in [-0.2, 0) is 4.74 Å². The smallest absolute Gasteiger partial charge is 0.338 e. The van der Waals surface area contributed by atoms with Crippen LogP contribution in [0.15, 0.2) is 48.5 Å². The molecule has 0 amide bonds. The van der Waals surface area contributed by atoms with E-state index >= 15 is 0 Å². The predicted octanol–water partition coefficient (Wildman–Crippen LogP) is 5.82. The van der Waals surface area contributed by atoms with Crippen LogP contribution in [0.3, 0.4) is 0 Å². The van der Waals surface area contributed by atoms with Crippen LogP contribution in [0.5, 0.6) is 5.75 Å². The molecule has 0 aliphatic rings. The van der Waals surface area contributed by atoms with Gasteiger partial charge in [-0.05, 0) is 47.7 Å². The average Bonchev–Trinajstić information content (AvgIpc) is 2.64. The number of carbonyl (C=O) groups excluding carboxylic acids is 1. The van der Waals surface area contributed by atoms with Crippen molar-refractivity contribution >= 4 is 5.97 Å². The molecule has 0 saturated heterocycles. The maximum absolute atomic E-state index is 12.2. The molecule has 0 spiro atoms. The SMILES string of the molecule is CCCCCCC(C)COC(=O)c1ccc(-c2ccc(O)cc2)cc1. The number of esters is 1. The zero-order valence-corrected chi connectivity index (χ0v) is 15.2. The summed E-state index contributed by atoms with van der Waals surface area (Å²) in [6, 6.07) is 14.4. The number of hydrogen-bond acceptors (Lipinski definition) is 3. The van der Waals surface area contributed by atoms with Crippen LogP contribution >= 0.6 is 0 Å². The van der Waals surface area contributed by atoms with Crippen LogP contribution in [0.4, 0.5) is 0 Å². The Kier molecular flexibility index (Phi) is 7.52. The van der Waals surface area contributed by atoms with Crippen LogP contribution in [0, 0.1) is 5.92 Å². The fourth-order valence-corrected chi connectivity index (χ4v) is 2.76. The second-order valence-corrected chi connectivity index (χ2v) is 6.68. The number of phenols is 1. The second-order valence-electron chi connectivity index (χ2n) is 6.68. The van der Waals surface area contributed by atoms with Crippen LogP contribution in [-0.4, -0.2) is 17.7 Å². The van der Waals surface area contributed by atoms with Crippen molar-refractivity contribution in [2.75, 3.05) is 6.61 Å². The summed E-state index contributed by atoms with van der Waals surface area (Å²) in [4.78, 5) is 12.2. The minimum atomic E-state index is -0.266. The maximum atomic E-state index is 12.2. The number of phenolic OH excluding ortho intramolecular Hbond substituents is 1. The van der Waals surface area contributed by atoms with Gasteiger partial charge in [0.25, 0.3) is 0 Å². The van der Waals surface area contributed by atoms with Gasteiger partial charge < -0.3 is 9.84 Å². The minimum Gasteiger partial charge on any atom is -0.508 e. The van der Waals surface area contributed by atoms with Gasteiger partial charge in [-0.2, -0.15) is 0 Å². The van der Waals surface area contributed by atoms with Gasteiger partial charge in [0.1, 0.15) is 5.75 Å². The first kappa shape index (κ1) is 19.0. The molecule has 2 aromatic rings. The Bertz CT molecular complexity index is 644. The lowest BCUT2D eigenvalue weighted by atomic mass is 10.0. The van der Waals surface area contributed by atoms with E-state index in [0.29, 0.717) is 18.1 Å². The quantitative estimate of drug-likeness (QED) is 0.462. The van der Waals surface area contributed by atoms with E-state index in [-0.39, 0.29) is 11.7 Å². The van der Waals surface area contributed by atoms with Gasteiger partial charge in [-0.3, -0.25) is 0 Å². The Balaban J connectivity index is 1.83. The van der Waals surface area contributed by atoms with Crippen LogP contribution in [0.1, 0.15) is 56.3 Å². The molecule has 3 nitrogen and oxygen atoms in total. The topological polar surface area (TPSA) is 46.5 Å². The van der Waals surface area contributed by atoms with E-state index in [1.54, 1.807) is 24.3 Å². The zero-order chi connectivity index (χ0) is 18.1. The van der Waals surface area contributed by atoms with Crippen molar-refractivity contribution in [1.82, 2.24) is 0 Å². The van der Waals surface area contributed by atoms with E-state index in [1.165, 1.54) is 25.7 Å². The van der Waals surface area contributed by atoms with Gasteiger partial charge in [0.05, 0.1) is 12.2 Å². The molecule has 3 heteroatoms. The molecule has 1 unspecified atom stereocenters. The van der Waals surface area contributed by atoms with E-state index in [9.17, 15) is 9.90 Å². The highest BCUT2D eigenvalue weighted by Crippen LogP contribution is 2.22. The van der Waals surface area contributed by atoms with Gasteiger partial charge in [-0.1, -0.05) is 63.8 Å². The molecule has 0 bridgehead atoms. The van der Waals surface area contributed by atoms with Gasteiger partial charge in [0.2, 0.25) is 0 Å². The van der Waals surface area contributed by atoms with Crippen molar-refractivity contribution in [3.05, 3.63) is 54.1 Å². The van der Waals surface area contributed by atoms with Crippen LogP contribution in [0.2, 0.25) is 0 Å². The van der Waals surface area contributed by atoms with Crippen molar-refractivity contribution in [3.63, 3.8) is 0 Å². The molecule has 0 saturated carbocycles. The summed E-state index contributed by atoms with van der Waals surface area (Å²) in [6.07, 6.45) is 6.08.